The summed E-state index contributed by atoms with van der Waals surface area (Å²) in [5, 5.41) is 3.58. The van der Waals surface area contributed by atoms with Gasteiger partial charge >= 0.3 is 0 Å². The molecule has 0 bridgehead atoms. The summed E-state index contributed by atoms with van der Waals surface area (Å²) in [4.78, 5) is 0. The summed E-state index contributed by atoms with van der Waals surface area (Å²) in [7, 11) is 2.16. The molecule has 1 nitrogen and oxygen atoms in total. The van der Waals surface area contributed by atoms with Crippen molar-refractivity contribution in [2.75, 3.05) is 7.05 Å². The van der Waals surface area contributed by atoms with E-state index in [1.807, 2.05) is 0 Å². The quantitative estimate of drug-likeness (QED) is 0.730. The molecule has 2 saturated carbocycles. The van der Waals surface area contributed by atoms with Crippen LogP contribution in [0.3, 0.4) is 0 Å². The third kappa shape index (κ3) is 2.13. The average Bonchev–Trinajstić information content (AvgIpc) is 2.84. The first-order valence-corrected chi connectivity index (χ1v) is 6.39. The monoisotopic (exact) mass is 195 g/mol. The summed E-state index contributed by atoms with van der Waals surface area (Å²) in [6.45, 7) is 4.83. The molecule has 0 radical (unpaired) electrons. The van der Waals surface area contributed by atoms with Gasteiger partial charge < -0.3 is 5.32 Å². The van der Waals surface area contributed by atoms with Crippen molar-refractivity contribution in [1.82, 2.24) is 5.32 Å². The van der Waals surface area contributed by atoms with Crippen LogP contribution in [-0.2, 0) is 0 Å². The van der Waals surface area contributed by atoms with E-state index in [9.17, 15) is 0 Å². The van der Waals surface area contributed by atoms with Crippen LogP contribution >= 0.6 is 0 Å². The maximum absolute atomic E-state index is 3.58. The fourth-order valence-corrected chi connectivity index (χ4v) is 3.46. The lowest BCUT2D eigenvalue weighted by atomic mass is 9.77. The van der Waals surface area contributed by atoms with Crippen molar-refractivity contribution in [2.45, 2.75) is 52.0 Å². The van der Waals surface area contributed by atoms with Crippen LogP contribution in [0.25, 0.3) is 0 Å². The summed E-state index contributed by atoms with van der Waals surface area (Å²) in [5.74, 6) is 3.93. The van der Waals surface area contributed by atoms with Crippen molar-refractivity contribution in [3.63, 3.8) is 0 Å². The Morgan fingerprint density at radius 2 is 1.86 bits per heavy atom. The Kier molecular flexibility index (Phi) is 3.16. The molecule has 2 fully saturated rings. The van der Waals surface area contributed by atoms with Crippen molar-refractivity contribution >= 4 is 0 Å². The molecule has 0 aromatic heterocycles. The summed E-state index contributed by atoms with van der Waals surface area (Å²) in [6, 6.07) is 0.827. The molecule has 82 valence electrons. The third-order valence-corrected chi connectivity index (χ3v) is 4.45. The molecule has 5 atom stereocenters. The van der Waals surface area contributed by atoms with Gasteiger partial charge in [-0.1, -0.05) is 26.7 Å². The lowest BCUT2D eigenvalue weighted by molar-refractivity contribution is 0.210. The topological polar surface area (TPSA) is 12.0 Å². The zero-order valence-corrected chi connectivity index (χ0v) is 9.92. The molecule has 0 amide bonds. The first-order valence-electron chi connectivity index (χ1n) is 6.39. The van der Waals surface area contributed by atoms with Gasteiger partial charge in [0.15, 0.2) is 0 Å². The second-order valence-electron chi connectivity index (χ2n) is 5.72. The minimum atomic E-state index is 0.827. The Morgan fingerprint density at radius 3 is 2.36 bits per heavy atom. The molecule has 0 aromatic carbocycles. The van der Waals surface area contributed by atoms with Gasteiger partial charge in [-0.2, -0.15) is 0 Å². The standard InChI is InChI=1S/C13H25N/c1-9-5-4-6-11(7-9)13(14-3)12-8-10(12)2/h9-14H,4-8H2,1-3H3. The molecule has 2 aliphatic carbocycles. The normalized spacial score (nSPS) is 44.8. The largest absolute Gasteiger partial charge is 0.316 e. The highest BCUT2D eigenvalue weighted by Crippen LogP contribution is 2.45. The van der Waals surface area contributed by atoms with Crippen LogP contribution in [0.5, 0.6) is 0 Å². The van der Waals surface area contributed by atoms with Crippen molar-refractivity contribution in [2.24, 2.45) is 23.7 Å². The van der Waals surface area contributed by atoms with Gasteiger partial charge in [-0.05, 0) is 50.0 Å². The van der Waals surface area contributed by atoms with E-state index in [0.717, 1.165) is 29.7 Å². The van der Waals surface area contributed by atoms with Crippen molar-refractivity contribution < 1.29 is 0 Å². The van der Waals surface area contributed by atoms with E-state index >= 15 is 0 Å². The lowest BCUT2D eigenvalue weighted by Gasteiger charge is -2.33. The fraction of sp³-hybridized carbons (Fsp3) is 1.00. The van der Waals surface area contributed by atoms with Crippen molar-refractivity contribution in [1.29, 1.82) is 0 Å². The summed E-state index contributed by atoms with van der Waals surface area (Å²) >= 11 is 0. The first kappa shape index (κ1) is 10.5. The number of hydrogen-bond donors (Lipinski definition) is 1. The highest BCUT2D eigenvalue weighted by molar-refractivity contribution is 4.96. The lowest BCUT2D eigenvalue weighted by Crippen LogP contribution is -2.38. The Balaban J connectivity index is 1.90. The maximum atomic E-state index is 3.58. The van der Waals surface area contributed by atoms with Gasteiger partial charge in [-0.15, -0.1) is 0 Å². The second-order valence-corrected chi connectivity index (χ2v) is 5.72. The minimum absolute atomic E-state index is 0.827. The van der Waals surface area contributed by atoms with Gasteiger partial charge in [0, 0.05) is 6.04 Å². The van der Waals surface area contributed by atoms with Gasteiger partial charge in [0.05, 0.1) is 0 Å². The van der Waals surface area contributed by atoms with Crippen molar-refractivity contribution in [3.8, 4) is 0 Å². The number of rotatable bonds is 3. The number of hydrogen-bond acceptors (Lipinski definition) is 1. The molecule has 2 aliphatic rings. The smallest absolute Gasteiger partial charge is 0.0123 e. The van der Waals surface area contributed by atoms with Crippen LogP contribution in [0.1, 0.15) is 46.0 Å². The molecule has 1 heteroatoms. The molecule has 2 rings (SSSR count). The zero-order chi connectivity index (χ0) is 10.1. The highest BCUT2D eigenvalue weighted by Gasteiger charge is 2.42. The Bertz CT molecular complexity index is 190. The minimum Gasteiger partial charge on any atom is -0.316 e. The van der Waals surface area contributed by atoms with Gasteiger partial charge in [-0.25, -0.2) is 0 Å². The fourth-order valence-electron chi connectivity index (χ4n) is 3.46. The predicted octanol–water partition coefficient (Wildman–Crippen LogP) is 3.06. The molecule has 5 unspecified atom stereocenters. The van der Waals surface area contributed by atoms with Gasteiger partial charge in [0.25, 0.3) is 0 Å². The van der Waals surface area contributed by atoms with Gasteiger partial charge in [0.2, 0.25) is 0 Å². The summed E-state index contributed by atoms with van der Waals surface area (Å²) in [6.07, 6.45) is 7.34. The molecule has 0 spiro atoms. The van der Waals surface area contributed by atoms with Crippen molar-refractivity contribution in [3.05, 3.63) is 0 Å². The van der Waals surface area contributed by atoms with E-state index in [1.165, 1.54) is 32.1 Å². The molecule has 0 aromatic rings. The summed E-state index contributed by atoms with van der Waals surface area (Å²) in [5.41, 5.74) is 0. The average molecular weight is 195 g/mol. The van der Waals surface area contributed by atoms with Crippen LogP contribution in [0, 0.1) is 23.7 Å². The molecular weight excluding hydrogens is 170 g/mol. The van der Waals surface area contributed by atoms with E-state index < -0.39 is 0 Å². The molecular formula is C13H25N. The van der Waals surface area contributed by atoms with Gasteiger partial charge in [0.1, 0.15) is 0 Å². The van der Waals surface area contributed by atoms with E-state index in [1.54, 1.807) is 0 Å². The molecule has 0 saturated heterocycles. The molecule has 0 aliphatic heterocycles. The Morgan fingerprint density at radius 1 is 1.14 bits per heavy atom. The van der Waals surface area contributed by atoms with Crippen LogP contribution < -0.4 is 5.32 Å². The molecule has 14 heavy (non-hydrogen) atoms. The third-order valence-electron chi connectivity index (χ3n) is 4.45. The highest BCUT2D eigenvalue weighted by atomic mass is 14.9. The van der Waals surface area contributed by atoms with Crippen LogP contribution in [0.15, 0.2) is 0 Å². The van der Waals surface area contributed by atoms with Gasteiger partial charge in [-0.3, -0.25) is 0 Å². The van der Waals surface area contributed by atoms with Crippen LogP contribution in [0.4, 0.5) is 0 Å². The predicted molar refractivity (Wildman–Crippen MR) is 61.2 cm³/mol. The first-order chi connectivity index (χ1) is 6.72. The Hall–Kier alpha value is -0.0400. The second kappa shape index (κ2) is 4.22. The molecule has 1 N–H and O–H groups in total. The van der Waals surface area contributed by atoms with E-state index in [2.05, 4.69) is 26.2 Å². The van der Waals surface area contributed by atoms with Crippen LogP contribution in [0.2, 0.25) is 0 Å². The maximum Gasteiger partial charge on any atom is 0.0123 e. The zero-order valence-electron chi connectivity index (χ0n) is 9.92. The summed E-state index contributed by atoms with van der Waals surface area (Å²) < 4.78 is 0. The molecule has 0 heterocycles. The van der Waals surface area contributed by atoms with E-state index in [-0.39, 0.29) is 0 Å². The number of nitrogens with one attached hydrogen (secondary N) is 1. The van der Waals surface area contributed by atoms with Crippen LogP contribution in [-0.4, -0.2) is 13.1 Å². The van der Waals surface area contributed by atoms with E-state index in [0.29, 0.717) is 0 Å². The SMILES string of the molecule is CNC(C1CCCC(C)C1)C1CC1C. The van der Waals surface area contributed by atoms with E-state index in [4.69, 9.17) is 0 Å². The Labute approximate surface area is 88.7 Å².